The average Bonchev–Trinajstić information content (AvgIpc) is 2.74. The number of hydrogen-bond acceptors (Lipinski definition) is 3. The van der Waals surface area contributed by atoms with Gasteiger partial charge in [0.15, 0.2) is 0 Å². The van der Waals surface area contributed by atoms with Gasteiger partial charge in [-0.25, -0.2) is 0 Å². The lowest BCUT2D eigenvalue weighted by molar-refractivity contribution is -0.122. The van der Waals surface area contributed by atoms with Crippen LogP contribution in [0.1, 0.15) is 41.6 Å². The number of methoxy groups -OCH3 is 1. The Hall–Kier alpha value is -2.82. The monoisotopic (exact) mass is 380 g/mol. The minimum absolute atomic E-state index is 0.0369. The summed E-state index contributed by atoms with van der Waals surface area (Å²) in [5.74, 6) is 0.944. The summed E-state index contributed by atoms with van der Waals surface area (Å²) in [6, 6.07) is 17.3. The molecule has 5 nitrogen and oxygen atoms in total. The predicted octanol–water partition coefficient (Wildman–Crippen LogP) is 3.44. The summed E-state index contributed by atoms with van der Waals surface area (Å²) < 4.78 is 5.16. The van der Waals surface area contributed by atoms with Crippen molar-refractivity contribution in [3.63, 3.8) is 0 Å². The molecular formula is C23H28N2O3. The van der Waals surface area contributed by atoms with Crippen LogP contribution in [0.25, 0.3) is 0 Å². The first-order valence-corrected chi connectivity index (χ1v) is 9.92. The lowest BCUT2D eigenvalue weighted by Crippen LogP contribution is -2.49. The number of aryl methyl sites for hydroxylation is 1. The molecule has 0 spiro atoms. The molecule has 2 aromatic rings. The van der Waals surface area contributed by atoms with E-state index >= 15 is 0 Å². The van der Waals surface area contributed by atoms with Crippen LogP contribution in [-0.4, -0.2) is 43.0 Å². The molecule has 0 aliphatic carbocycles. The van der Waals surface area contributed by atoms with Crippen molar-refractivity contribution in [1.29, 1.82) is 0 Å². The maximum absolute atomic E-state index is 12.6. The van der Waals surface area contributed by atoms with Gasteiger partial charge in [-0.05, 0) is 55.5 Å². The third-order valence-corrected chi connectivity index (χ3v) is 5.12. The molecule has 1 saturated heterocycles. The second kappa shape index (κ2) is 9.93. The third kappa shape index (κ3) is 5.59. The van der Waals surface area contributed by atoms with Gasteiger partial charge < -0.3 is 15.0 Å². The fourth-order valence-corrected chi connectivity index (χ4v) is 3.59. The fraction of sp³-hybridized carbons (Fsp3) is 0.391. The highest BCUT2D eigenvalue weighted by atomic mass is 16.5. The Morgan fingerprint density at radius 1 is 1.11 bits per heavy atom. The number of carbonyl (C=O) groups is 2. The summed E-state index contributed by atoms with van der Waals surface area (Å²) in [5.41, 5.74) is 1.90. The molecule has 1 aliphatic heterocycles. The SMILES string of the molecule is COc1ccc(CCCC(=O)N[C@H]2CCCN(C(=O)c3ccccc3)C2)cc1. The number of amides is 2. The quantitative estimate of drug-likeness (QED) is 0.800. The van der Waals surface area contributed by atoms with Crippen LogP contribution >= 0.6 is 0 Å². The topological polar surface area (TPSA) is 58.6 Å². The zero-order valence-corrected chi connectivity index (χ0v) is 16.4. The summed E-state index contributed by atoms with van der Waals surface area (Å²) in [7, 11) is 1.65. The number of carbonyl (C=O) groups excluding carboxylic acids is 2. The summed E-state index contributed by atoms with van der Waals surface area (Å²) in [6.07, 6.45) is 3.99. The number of nitrogens with zero attached hydrogens (tertiary/aromatic N) is 1. The first-order chi connectivity index (χ1) is 13.7. The van der Waals surface area contributed by atoms with Gasteiger partial charge in [0.05, 0.1) is 7.11 Å². The van der Waals surface area contributed by atoms with E-state index in [0.29, 0.717) is 18.5 Å². The van der Waals surface area contributed by atoms with Gasteiger partial charge in [0.2, 0.25) is 5.91 Å². The molecular weight excluding hydrogens is 352 g/mol. The fourth-order valence-electron chi connectivity index (χ4n) is 3.59. The molecule has 0 radical (unpaired) electrons. The Balaban J connectivity index is 1.42. The number of rotatable bonds is 7. The molecule has 0 aromatic heterocycles. The van der Waals surface area contributed by atoms with Crippen LogP contribution < -0.4 is 10.1 Å². The summed E-state index contributed by atoms with van der Waals surface area (Å²) in [6.45, 7) is 1.33. The smallest absolute Gasteiger partial charge is 0.253 e. The van der Waals surface area contributed by atoms with Gasteiger partial charge >= 0.3 is 0 Å². The summed E-state index contributed by atoms with van der Waals surface area (Å²) in [5, 5.41) is 3.11. The van der Waals surface area contributed by atoms with Crippen LogP contribution in [0.2, 0.25) is 0 Å². The minimum Gasteiger partial charge on any atom is -0.497 e. The normalized spacial score (nSPS) is 16.5. The Bertz CT molecular complexity index is 774. The van der Waals surface area contributed by atoms with Gasteiger partial charge in [-0.1, -0.05) is 30.3 Å². The lowest BCUT2D eigenvalue weighted by atomic mass is 10.0. The largest absolute Gasteiger partial charge is 0.497 e. The lowest BCUT2D eigenvalue weighted by Gasteiger charge is -2.33. The molecule has 0 bridgehead atoms. The summed E-state index contributed by atoms with van der Waals surface area (Å²) >= 11 is 0. The number of hydrogen-bond donors (Lipinski definition) is 1. The van der Waals surface area contributed by atoms with Gasteiger partial charge in [-0.2, -0.15) is 0 Å². The van der Waals surface area contributed by atoms with E-state index < -0.39 is 0 Å². The van der Waals surface area contributed by atoms with E-state index in [1.807, 2.05) is 59.5 Å². The molecule has 1 aliphatic rings. The molecule has 148 valence electrons. The highest BCUT2D eigenvalue weighted by Gasteiger charge is 2.25. The number of likely N-dealkylation sites (tertiary alicyclic amines) is 1. The van der Waals surface area contributed by atoms with Crippen molar-refractivity contribution >= 4 is 11.8 Å². The third-order valence-electron chi connectivity index (χ3n) is 5.12. The number of ether oxygens (including phenoxy) is 1. The van der Waals surface area contributed by atoms with Gasteiger partial charge in [0.1, 0.15) is 5.75 Å². The Labute approximate surface area is 166 Å². The van der Waals surface area contributed by atoms with Gasteiger partial charge in [-0.3, -0.25) is 9.59 Å². The minimum atomic E-state index is 0.0369. The van der Waals surface area contributed by atoms with E-state index in [9.17, 15) is 9.59 Å². The molecule has 3 rings (SSSR count). The zero-order valence-electron chi connectivity index (χ0n) is 16.4. The van der Waals surface area contributed by atoms with Crippen molar-refractivity contribution in [2.24, 2.45) is 0 Å². The first-order valence-electron chi connectivity index (χ1n) is 9.92. The molecule has 1 atom stereocenters. The van der Waals surface area contributed by atoms with E-state index in [1.54, 1.807) is 7.11 Å². The van der Waals surface area contributed by atoms with Crippen LogP contribution in [0.4, 0.5) is 0 Å². The average molecular weight is 380 g/mol. The number of nitrogens with one attached hydrogen (secondary N) is 1. The molecule has 1 heterocycles. The van der Waals surface area contributed by atoms with E-state index in [4.69, 9.17) is 4.74 Å². The van der Waals surface area contributed by atoms with Gasteiger partial charge in [0, 0.05) is 31.1 Å². The summed E-state index contributed by atoms with van der Waals surface area (Å²) in [4.78, 5) is 26.8. The van der Waals surface area contributed by atoms with Crippen molar-refractivity contribution in [2.75, 3.05) is 20.2 Å². The van der Waals surface area contributed by atoms with Gasteiger partial charge in [0.25, 0.3) is 5.91 Å². The van der Waals surface area contributed by atoms with Crippen LogP contribution in [-0.2, 0) is 11.2 Å². The van der Waals surface area contributed by atoms with Crippen molar-refractivity contribution in [3.8, 4) is 5.75 Å². The molecule has 2 aromatic carbocycles. The second-order valence-corrected chi connectivity index (χ2v) is 7.23. The Kier molecular flexibility index (Phi) is 7.06. The van der Waals surface area contributed by atoms with Crippen LogP contribution in [0.3, 0.4) is 0 Å². The molecule has 5 heteroatoms. The maximum Gasteiger partial charge on any atom is 0.253 e. The van der Waals surface area contributed by atoms with E-state index in [-0.39, 0.29) is 17.9 Å². The van der Waals surface area contributed by atoms with Crippen molar-refractivity contribution in [1.82, 2.24) is 10.2 Å². The second-order valence-electron chi connectivity index (χ2n) is 7.23. The standard InChI is InChI=1S/C23H28N2O3/c1-28-21-14-12-18(13-15-21)7-5-11-22(26)24-20-10-6-16-25(17-20)23(27)19-8-3-2-4-9-19/h2-4,8-9,12-15,20H,5-7,10-11,16-17H2,1H3,(H,24,26)/t20-/m0/s1. The molecule has 1 N–H and O–H groups in total. The Morgan fingerprint density at radius 3 is 2.57 bits per heavy atom. The van der Waals surface area contributed by atoms with Crippen LogP contribution in [0.5, 0.6) is 5.75 Å². The van der Waals surface area contributed by atoms with E-state index in [1.165, 1.54) is 5.56 Å². The highest BCUT2D eigenvalue weighted by molar-refractivity contribution is 5.94. The number of piperidine rings is 1. The molecule has 0 unspecified atom stereocenters. The predicted molar refractivity (Wildman–Crippen MR) is 109 cm³/mol. The highest BCUT2D eigenvalue weighted by Crippen LogP contribution is 2.15. The van der Waals surface area contributed by atoms with Gasteiger partial charge in [-0.15, -0.1) is 0 Å². The zero-order chi connectivity index (χ0) is 19.8. The molecule has 1 fully saturated rings. The van der Waals surface area contributed by atoms with Crippen LogP contribution in [0.15, 0.2) is 54.6 Å². The van der Waals surface area contributed by atoms with Crippen molar-refractivity contribution in [3.05, 3.63) is 65.7 Å². The Morgan fingerprint density at radius 2 is 1.86 bits per heavy atom. The van der Waals surface area contributed by atoms with Crippen molar-refractivity contribution < 1.29 is 14.3 Å². The van der Waals surface area contributed by atoms with E-state index in [2.05, 4.69) is 5.32 Å². The van der Waals surface area contributed by atoms with Crippen molar-refractivity contribution in [2.45, 2.75) is 38.1 Å². The first kappa shape index (κ1) is 19.9. The molecule has 2 amide bonds. The maximum atomic E-state index is 12.6. The van der Waals surface area contributed by atoms with E-state index in [0.717, 1.165) is 38.0 Å². The molecule has 0 saturated carbocycles. The number of benzene rings is 2. The molecule has 28 heavy (non-hydrogen) atoms. The van der Waals surface area contributed by atoms with Crippen LogP contribution in [0, 0.1) is 0 Å².